The summed E-state index contributed by atoms with van der Waals surface area (Å²) in [5.74, 6) is -1.32. The van der Waals surface area contributed by atoms with Crippen LogP contribution in [0.2, 0.25) is 0 Å². The highest BCUT2D eigenvalue weighted by atomic mass is 16.7. The SMILES string of the molecule is C=CCCC(C)(COCOC)CC(C(=O)CCCC(=C)C)C(=O)OC. The molecule has 0 aromatic heterocycles. The van der Waals surface area contributed by atoms with Crippen molar-refractivity contribution in [1.29, 1.82) is 0 Å². The first kappa shape index (κ1) is 23.5. The first-order valence-corrected chi connectivity index (χ1v) is 8.72. The van der Waals surface area contributed by atoms with Crippen molar-refractivity contribution < 1.29 is 23.8 Å². The van der Waals surface area contributed by atoms with Crippen LogP contribution < -0.4 is 0 Å². The average molecular weight is 354 g/mol. The van der Waals surface area contributed by atoms with Gasteiger partial charge in [-0.3, -0.25) is 9.59 Å². The monoisotopic (exact) mass is 354 g/mol. The molecule has 0 N–H and O–H groups in total. The van der Waals surface area contributed by atoms with E-state index in [-0.39, 0.29) is 18.0 Å². The van der Waals surface area contributed by atoms with Crippen LogP contribution in [0.15, 0.2) is 24.8 Å². The zero-order valence-corrected chi connectivity index (χ0v) is 16.3. The minimum atomic E-state index is -0.768. The molecular formula is C20H34O5. The molecule has 144 valence electrons. The molecule has 2 unspecified atom stereocenters. The zero-order valence-electron chi connectivity index (χ0n) is 16.3. The first-order chi connectivity index (χ1) is 11.8. The van der Waals surface area contributed by atoms with Crippen LogP contribution in [0.5, 0.6) is 0 Å². The molecule has 0 aliphatic rings. The van der Waals surface area contributed by atoms with Crippen molar-refractivity contribution >= 4 is 11.8 Å². The summed E-state index contributed by atoms with van der Waals surface area (Å²) in [6, 6.07) is 0. The van der Waals surface area contributed by atoms with E-state index in [4.69, 9.17) is 14.2 Å². The van der Waals surface area contributed by atoms with E-state index in [0.717, 1.165) is 24.8 Å². The van der Waals surface area contributed by atoms with Crippen LogP contribution in [0.25, 0.3) is 0 Å². The lowest BCUT2D eigenvalue weighted by Crippen LogP contribution is -2.34. The number of Topliss-reactive ketones (excluding diaryl/α,β-unsaturated/α-hetero) is 1. The maximum absolute atomic E-state index is 12.6. The Hall–Kier alpha value is -1.46. The predicted octanol–water partition coefficient (Wildman–Crippen LogP) is 4.07. The largest absolute Gasteiger partial charge is 0.468 e. The van der Waals surface area contributed by atoms with Crippen LogP contribution in [-0.4, -0.2) is 39.4 Å². The Morgan fingerprint density at radius 2 is 1.92 bits per heavy atom. The first-order valence-electron chi connectivity index (χ1n) is 8.72. The topological polar surface area (TPSA) is 61.8 Å². The van der Waals surface area contributed by atoms with E-state index in [1.165, 1.54) is 7.11 Å². The van der Waals surface area contributed by atoms with Crippen molar-refractivity contribution in [2.45, 2.75) is 52.4 Å². The van der Waals surface area contributed by atoms with Gasteiger partial charge in [0.15, 0.2) is 0 Å². The van der Waals surface area contributed by atoms with Crippen molar-refractivity contribution in [2.75, 3.05) is 27.6 Å². The Morgan fingerprint density at radius 1 is 1.24 bits per heavy atom. The van der Waals surface area contributed by atoms with Gasteiger partial charge in [-0.1, -0.05) is 18.6 Å². The maximum atomic E-state index is 12.6. The van der Waals surface area contributed by atoms with Crippen molar-refractivity contribution in [2.24, 2.45) is 11.3 Å². The second-order valence-corrected chi connectivity index (χ2v) is 6.95. The number of allylic oxidation sites excluding steroid dienone is 2. The van der Waals surface area contributed by atoms with E-state index in [1.54, 1.807) is 7.11 Å². The maximum Gasteiger partial charge on any atom is 0.316 e. The fraction of sp³-hybridized carbons (Fsp3) is 0.700. The Morgan fingerprint density at radius 3 is 2.44 bits per heavy atom. The summed E-state index contributed by atoms with van der Waals surface area (Å²) >= 11 is 0. The molecule has 0 amide bonds. The molecule has 0 fully saturated rings. The fourth-order valence-electron chi connectivity index (χ4n) is 2.76. The summed E-state index contributed by atoms with van der Waals surface area (Å²) in [4.78, 5) is 24.8. The van der Waals surface area contributed by atoms with Gasteiger partial charge in [0, 0.05) is 13.5 Å². The van der Waals surface area contributed by atoms with Gasteiger partial charge in [-0.05, 0) is 44.4 Å². The molecule has 0 bridgehead atoms. The smallest absolute Gasteiger partial charge is 0.316 e. The van der Waals surface area contributed by atoms with Gasteiger partial charge in [0.05, 0.1) is 13.7 Å². The van der Waals surface area contributed by atoms with Gasteiger partial charge in [0.2, 0.25) is 0 Å². The second kappa shape index (κ2) is 12.8. The number of methoxy groups -OCH3 is 2. The standard InChI is InChI=1S/C20H34O5/c1-7-8-12-20(4,14-25-15-23-5)13-17(19(22)24-6)18(21)11-9-10-16(2)3/h7,17H,1-2,8-15H2,3-6H3. The van der Waals surface area contributed by atoms with Crippen LogP contribution in [0.3, 0.4) is 0 Å². The molecule has 0 spiro atoms. The predicted molar refractivity (Wildman–Crippen MR) is 99.2 cm³/mol. The van der Waals surface area contributed by atoms with E-state index in [2.05, 4.69) is 13.2 Å². The van der Waals surface area contributed by atoms with E-state index in [1.807, 2.05) is 19.9 Å². The molecule has 0 rings (SSSR count). The van der Waals surface area contributed by atoms with Gasteiger partial charge in [0.25, 0.3) is 0 Å². The number of ether oxygens (including phenoxy) is 3. The summed E-state index contributed by atoms with van der Waals surface area (Å²) in [5, 5.41) is 0. The summed E-state index contributed by atoms with van der Waals surface area (Å²) in [5.41, 5.74) is 0.696. The number of hydrogen-bond acceptors (Lipinski definition) is 5. The van der Waals surface area contributed by atoms with Gasteiger partial charge in [-0.2, -0.15) is 0 Å². The van der Waals surface area contributed by atoms with Gasteiger partial charge >= 0.3 is 5.97 Å². The molecule has 0 saturated heterocycles. The molecule has 25 heavy (non-hydrogen) atoms. The molecule has 2 atom stereocenters. The van der Waals surface area contributed by atoms with Crippen LogP contribution in [0.1, 0.15) is 52.4 Å². The number of carbonyl (C=O) groups excluding carboxylic acids is 2. The zero-order chi connectivity index (χ0) is 19.3. The van der Waals surface area contributed by atoms with Gasteiger partial charge in [0.1, 0.15) is 18.5 Å². The van der Waals surface area contributed by atoms with Crippen LogP contribution >= 0.6 is 0 Å². The molecule has 0 heterocycles. The Bertz CT molecular complexity index is 443. The highest BCUT2D eigenvalue weighted by Gasteiger charge is 2.36. The van der Waals surface area contributed by atoms with Crippen LogP contribution in [0, 0.1) is 11.3 Å². The van der Waals surface area contributed by atoms with Crippen molar-refractivity contribution in [3.63, 3.8) is 0 Å². The van der Waals surface area contributed by atoms with Crippen molar-refractivity contribution in [3.8, 4) is 0 Å². The molecular weight excluding hydrogens is 320 g/mol. The molecule has 0 saturated carbocycles. The molecule has 0 aliphatic carbocycles. The normalized spacial score (nSPS) is 14.4. The quantitative estimate of drug-likeness (QED) is 0.146. The molecule has 5 nitrogen and oxygen atoms in total. The summed E-state index contributed by atoms with van der Waals surface area (Å²) in [7, 11) is 2.88. The third kappa shape index (κ3) is 10.2. The van der Waals surface area contributed by atoms with Crippen LogP contribution in [-0.2, 0) is 23.8 Å². The minimum absolute atomic E-state index is 0.0790. The minimum Gasteiger partial charge on any atom is -0.468 e. The number of esters is 1. The third-order valence-electron chi connectivity index (χ3n) is 4.20. The van der Waals surface area contributed by atoms with Crippen LogP contribution in [0.4, 0.5) is 0 Å². The summed E-state index contributed by atoms with van der Waals surface area (Å²) < 4.78 is 15.3. The lowest BCUT2D eigenvalue weighted by molar-refractivity contribution is -0.152. The molecule has 0 aliphatic heterocycles. The van der Waals surface area contributed by atoms with Gasteiger partial charge in [-0.15, -0.1) is 13.2 Å². The molecule has 0 radical (unpaired) electrons. The highest BCUT2D eigenvalue weighted by Crippen LogP contribution is 2.33. The van der Waals surface area contributed by atoms with E-state index >= 15 is 0 Å². The third-order valence-corrected chi connectivity index (χ3v) is 4.20. The number of carbonyl (C=O) groups is 2. The number of ketones is 1. The number of hydrogen-bond donors (Lipinski definition) is 0. The Labute approximate surface area is 152 Å². The van der Waals surface area contributed by atoms with E-state index < -0.39 is 11.9 Å². The van der Waals surface area contributed by atoms with E-state index in [0.29, 0.717) is 25.9 Å². The lowest BCUT2D eigenvalue weighted by atomic mass is 9.76. The lowest BCUT2D eigenvalue weighted by Gasteiger charge is -2.31. The molecule has 5 heteroatoms. The van der Waals surface area contributed by atoms with Gasteiger partial charge < -0.3 is 14.2 Å². The average Bonchev–Trinajstić information content (AvgIpc) is 2.57. The van der Waals surface area contributed by atoms with Crippen molar-refractivity contribution in [3.05, 3.63) is 24.8 Å². The summed E-state index contributed by atoms with van der Waals surface area (Å²) in [6.07, 6.45) is 5.61. The fourth-order valence-corrected chi connectivity index (χ4v) is 2.76. The summed E-state index contributed by atoms with van der Waals surface area (Å²) in [6.45, 7) is 12.1. The Balaban J connectivity index is 5.05. The molecule has 0 aromatic rings. The molecule has 0 aromatic carbocycles. The second-order valence-electron chi connectivity index (χ2n) is 6.95. The van der Waals surface area contributed by atoms with E-state index in [9.17, 15) is 9.59 Å². The number of rotatable bonds is 15. The van der Waals surface area contributed by atoms with Gasteiger partial charge in [-0.25, -0.2) is 0 Å². The highest BCUT2D eigenvalue weighted by molar-refractivity contribution is 5.99. The Kier molecular flexibility index (Phi) is 12.1. The van der Waals surface area contributed by atoms with Crippen molar-refractivity contribution in [1.82, 2.24) is 0 Å².